The van der Waals surface area contributed by atoms with Gasteiger partial charge in [-0.1, -0.05) is 38.1 Å². The summed E-state index contributed by atoms with van der Waals surface area (Å²) in [5, 5.41) is 5.07. The number of nitrogens with one attached hydrogen (secondary N) is 1. The first-order valence-electron chi connectivity index (χ1n) is 6.97. The van der Waals surface area contributed by atoms with Crippen LogP contribution in [0.5, 0.6) is 5.75 Å². The summed E-state index contributed by atoms with van der Waals surface area (Å²) in [5.41, 5.74) is 0.593. The van der Waals surface area contributed by atoms with Gasteiger partial charge in [-0.25, -0.2) is 0 Å². The van der Waals surface area contributed by atoms with E-state index in [2.05, 4.69) is 19.2 Å². The number of carbonyl (C=O) groups is 1. The number of ether oxygens (including phenoxy) is 1. The zero-order chi connectivity index (χ0) is 14.5. The molecule has 0 aliphatic carbocycles. The summed E-state index contributed by atoms with van der Waals surface area (Å²) in [4.78, 5) is 12.3. The van der Waals surface area contributed by atoms with Gasteiger partial charge in [0.1, 0.15) is 5.75 Å². The molecule has 106 valence electrons. The summed E-state index contributed by atoms with van der Waals surface area (Å²) < 4.78 is 5.34. The Morgan fingerprint density at radius 1 is 1.20 bits per heavy atom. The van der Waals surface area contributed by atoms with Crippen molar-refractivity contribution in [1.82, 2.24) is 5.32 Å². The van der Waals surface area contributed by atoms with Gasteiger partial charge in [0.25, 0.3) is 5.91 Å². The largest absolute Gasteiger partial charge is 0.496 e. The van der Waals surface area contributed by atoms with Crippen molar-refractivity contribution in [3.8, 4) is 5.75 Å². The molecule has 1 amide bonds. The van der Waals surface area contributed by atoms with E-state index in [0.29, 0.717) is 23.8 Å². The lowest BCUT2D eigenvalue weighted by molar-refractivity contribution is 0.0949. The molecule has 0 saturated carbocycles. The molecule has 2 aromatic rings. The summed E-state index contributed by atoms with van der Waals surface area (Å²) >= 11 is 0. The van der Waals surface area contributed by atoms with Crippen molar-refractivity contribution in [1.29, 1.82) is 0 Å². The van der Waals surface area contributed by atoms with Crippen molar-refractivity contribution < 1.29 is 9.53 Å². The van der Waals surface area contributed by atoms with Crippen LogP contribution in [0.1, 0.15) is 30.6 Å². The van der Waals surface area contributed by atoms with Gasteiger partial charge in [0.15, 0.2) is 0 Å². The maximum atomic E-state index is 12.3. The number of rotatable bonds is 5. The quantitative estimate of drug-likeness (QED) is 0.902. The predicted molar refractivity (Wildman–Crippen MR) is 82.3 cm³/mol. The molecule has 0 unspecified atom stereocenters. The van der Waals surface area contributed by atoms with Crippen molar-refractivity contribution in [2.45, 2.75) is 20.3 Å². The van der Waals surface area contributed by atoms with Gasteiger partial charge < -0.3 is 10.1 Å². The molecule has 3 heteroatoms. The number of fused-ring (bicyclic) bond motifs is 1. The molecule has 20 heavy (non-hydrogen) atoms. The zero-order valence-corrected chi connectivity index (χ0v) is 12.3. The first-order valence-corrected chi connectivity index (χ1v) is 6.97. The molecule has 0 aliphatic heterocycles. The van der Waals surface area contributed by atoms with Gasteiger partial charge in [-0.15, -0.1) is 0 Å². The van der Waals surface area contributed by atoms with Gasteiger partial charge in [0.2, 0.25) is 0 Å². The third-order valence-electron chi connectivity index (χ3n) is 3.32. The number of hydrogen-bond donors (Lipinski definition) is 1. The van der Waals surface area contributed by atoms with Crippen LogP contribution in [0, 0.1) is 5.92 Å². The fourth-order valence-electron chi connectivity index (χ4n) is 2.14. The Balaban J connectivity index is 2.25. The fraction of sp³-hybridized carbons (Fsp3) is 0.353. The Labute approximate surface area is 119 Å². The maximum Gasteiger partial charge on any atom is 0.255 e. The first-order chi connectivity index (χ1) is 9.61. The number of amides is 1. The third kappa shape index (κ3) is 3.29. The maximum absolute atomic E-state index is 12.3. The van der Waals surface area contributed by atoms with Gasteiger partial charge in [-0.2, -0.15) is 0 Å². The molecule has 0 aliphatic rings. The second-order valence-corrected chi connectivity index (χ2v) is 5.34. The molecule has 0 aromatic heterocycles. The summed E-state index contributed by atoms with van der Waals surface area (Å²) in [5.74, 6) is 1.12. The molecule has 0 spiro atoms. The molecule has 1 N–H and O–H groups in total. The van der Waals surface area contributed by atoms with Gasteiger partial charge in [-0.05, 0) is 35.2 Å². The lowest BCUT2D eigenvalue weighted by Gasteiger charge is -2.11. The smallest absolute Gasteiger partial charge is 0.255 e. The lowest BCUT2D eigenvalue weighted by atomic mass is 10.0. The van der Waals surface area contributed by atoms with Gasteiger partial charge >= 0.3 is 0 Å². The van der Waals surface area contributed by atoms with Gasteiger partial charge in [0, 0.05) is 6.54 Å². The van der Waals surface area contributed by atoms with Crippen molar-refractivity contribution in [3.63, 3.8) is 0 Å². The van der Waals surface area contributed by atoms with Crippen LogP contribution in [-0.2, 0) is 0 Å². The predicted octanol–water partition coefficient (Wildman–Crippen LogP) is 3.62. The highest BCUT2D eigenvalue weighted by atomic mass is 16.5. The van der Waals surface area contributed by atoms with Gasteiger partial charge in [0.05, 0.1) is 12.7 Å². The van der Waals surface area contributed by atoms with Crippen molar-refractivity contribution in [3.05, 3.63) is 42.0 Å². The standard InChI is InChI=1S/C17H21NO2/c1-12(2)8-9-18-17(19)15-10-13-6-4-5-7-14(13)11-16(15)20-3/h4-7,10-12H,8-9H2,1-3H3,(H,18,19). The van der Waals surface area contributed by atoms with Crippen LogP contribution >= 0.6 is 0 Å². The van der Waals surface area contributed by atoms with Gasteiger partial charge in [-0.3, -0.25) is 4.79 Å². The van der Waals surface area contributed by atoms with Crippen LogP contribution < -0.4 is 10.1 Å². The van der Waals surface area contributed by atoms with E-state index in [4.69, 9.17) is 4.74 Å². The van der Waals surface area contributed by atoms with Crippen LogP contribution in [0.2, 0.25) is 0 Å². The lowest BCUT2D eigenvalue weighted by Crippen LogP contribution is -2.25. The SMILES string of the molecule is COc1cc2ccccc2cc1C(=O)NCCC(C)C. The van der Waals surface area contributed by atoms with E-state index in [-0.39, 0.29) is 5.91 Å². The monoisotopic (exact) mass is 271 g/mol. The van der Waals surface area contributed by atoms with E-state index >= 15 is 0 Å². The van der Waals surface area contributed by atoms with E-state index in [1.54, 1.807) is 7.11 Å². The van der Waals surface area contributed by atoms with Crippen molar-refractivity contribution >= 4 is 16.7 Å². The van der Waals surface area contributed by atoms with E-state index < -0.39 is 0 Å². The molecule has 0 radical (unpaired) electrons. The van der Waals surface area contributed by atoms with Crippen molar-refractivity contribution in [2.75, 3.05) is 13.7 Å². The number of carbonyl (C=O) groups excluding carboxylic acids is 1. The van der Waals surface area contributed by atoms with Crippen molar-refractivity contribution in [2.24, 2.45) is 5.92 Å². The average Bonchev–Trinajstić information content (AvgIpc) is 2.45. The highest BCUT2D eigenvalue weighted by Crippen LogP contribution is 2.25. The minimum atomic E-state index is -0.0757. The minimum Gasteiger partial charge on any atom is -0.496 e. The molecule has 3 nitrogen and oxygen atoms in total. The number of benzene rings is 2. The highest BCUT2D eigenvalue weighted by molar-refractivity contribution is 6.01. The molecule has 2 aromatic carbocycles. The number of methoxy groups -OCH3 is 1. The molecule has 0 atom stereocenters. The summed E-state index contributed by atoms with van der Waals surface area (Å²) in [6.07, 6.45) is 0.974. The Kier molecular flexibility index (Phi) is 4.61. The average molecular weight is 271 g/mol. The second-order valence-electron chi connectivity index (χ2n) is 5.34. The molecule has 0 bridgehead atoms. The topological polar surface area (TPSA) is 38.3 Å². The first kappa shape index (κ1) is 14.4. The molecule has 0 saturated heterocycles. The second kappa shape index (κ2) is 6.42. The van der Waals surface area contributed by atoms with Crippen LogP contribution in [0.15, 0.2) is 36.4 Å². The summed E-state index contributed by atoms with van der Waals surface area (Å²) in [6.45, 7) is 4.97. The molecule has 0 heterocycles. The minimum absolute atomic E-state index is 0.0757. The highest BCUT2D eigenvalue weighted by Gasteiger charge is 2.13. The Morgan fingerprint density at radius 2 is 1.85 bits per heavy atom. The Hall–Kier alpha value is -2.03. The van der Waals surface area contributed by atoms with E-state index in [1.165, 1.54) is 0 Å². The Bertz CT molecular complexity index is 605. The van der Waals surface area contributed by atoms with E-state index in [1.807, 2.05) is 36.4 Å². The fourth-order valence-corrected chi connectivity index (χ4v) is 2.14. The molecule has 2 rings (SSSR count). The molecule has 0 fully saturated rings. The van der Waals surface area contributed by atoms with Crippen LogP contribution in [0.25, 0.3) is 10.8 Å². The molecular formula is C17H21NO2. The van der Waals surface area contributed by atoms with Crippen LogP contribution in [-0.4, -0.2) is 19.6 Å². The number of hydrogen-bond acceptors (Lipinski definition) is 2. The third-order valence-corrected chi connectivity index (χ3v) is 3.32. The van der Waals surface area contributed by atoms with Crippen LogP contribution in [0.4, 0.5) is 0 Å². The molecular weight excluding hydrogens is 250 g/mol. The summed E-state index contributed by atoms with van der Waals surface area (Å²) in [7, 11) is 1.59. The normalized spacial score (nSPS) is 10.8. The Morgan fingerprint density at radius 3 is 2.45 bits per heavy atom. The summed E-state index contributed by atoms with van der Waals surface area (Å²) in [6, 6.07) is 11.8. The zero-order valence-electron chi connectivity index (χ0n) is 12.3. The van der Waals surface area contributed by atoms with E-state index in [0.717, 1.165) is 17.2 Å². The van der Waals surface area contributed by atoms with E-state index in [9.17, 15) is 4.79 Å². The van der Waals surface area contributed by atoms with Crippen LogP contribution in [0.3, 0.4) is 0 Å².